The molecule has 1 saturated carbocycles. The predicted octanol–water partition coefficient (Wildman–Crippen LogP) is 4.43. The van der Waals surface area contributed by atoms with Gasteiger partial charge in [-0.1, -0.05) is 0 Å². The Balaban J connectivity index is 1.46. The number of aliphatic imine (C=N–C) groups is 1. The first-order chi connectivity index (χ1) is 17.7. The van der Waals surface area contributed by atoms with Gasteiger partial charge in [0.1, 0.15) is 12.2 Å². The highest BCUT2D eigenvalue weighted by molar-refractivity contribution is 6.08. The summed E-state index contributed by atoms with van der Waals surface area (Å²) in [6.07, 6.45) is 0.828. The van der Waals surface area contributed by atoms with Crippen molar-refractivity contribution in [2.75, 3.05) is 32.1 Å². The molecular weight excluding hydrogens is 483 g/mol. The highest BCUT2D eigenvalue weighted by atomic mass is 19.4. The topological polar surface area (TPSA) is 94.5 Å². The number of piperidine rings is 1. The Hall–Kier alpha value is -3.89. The number of nitrogens with zero attached hydrogens (tertiary/aromatic N) is 6. The van der Waals surface area contributed by atoms with Crippen LogP contribution in [-0.4, -0.2) is 52.5 Å². The molecule has 1 aromatic carbocycles. The number of aryl methyl sites for hydroxylation is 1. The van der Waals surface area contributed by atoms with Crippen molar-refractivity contribution >= 4 is 17.1 Å². The fourth-order valence-corrected chi connectivity index (χ4v) is 4.76. The molecular formula is C26H28F3N7O. The maximum absolute atomic E-state index is 13.1. The summed E-state index contributed by atoms with van der Waals surface area (Å²) in [5.41, 5.74) is 11.4. The summed E-state index contributed by atoms with van der Waals surface area (Å²) in [5.74, 6) is 1.06. The van der Waals surface area contributed by atoms with Gasteiger partial charge in [-0.25, -0.2) is 15.0 Å². The van der Waals surface area contributed by atoms with Gasteiger partial charge >= 0.3 is 6.18 Å². The maximum Gasteiger partial charge on any atom is 0.434 e. The molecule has 1 saturated heterocycles. The molecule has 11 heteroatoms. The summed E-state index contributed by atoms with van der Waals surface area (Å²) >= 11 is 0. The van der Waals surface area contributed by atoms with Crippen LogP contribution in [0.4, 0.5) is 18.9 Å². The lowest BCUT2D eigenvalue weighted by Gasteiger charge is -2.33. The number of imidazole rings is 1. The van der Waals surface area contributed by atoms with Crippen LogP contribution in [0.3, 0.4) is 0 Å². The number of anilines is 1. The van der Waals surface area contributed by atoms with Crippen molar-refractivity contribution in [3.63, 3.8) is 0 Å². The van der Waals surface area contributed by atoms with Crippen LogP contribution in [-0.2, 0) is 13.2 Å². The molecule has 37 heavy (non-hydrogen) atoms. The van der Waals surface area contributed by atoms with E-state index in [0.29, 0.717) is 36.0 Å². The second kappa shape index (κ2) is 9.53. The van der Waals surface area contributed by atoms with Crippen molar-refractivity contribution in [2.45, 2.75) is 31.4 Å². The summed E-state index contributed by atoms with van der Waals surface area (Å²) in [6.45, 7) is 1.24. The quantitative estimate of drug-likeness (QED) is 0.545. The lowest BCUT2D eigenvalue weighted by Crippen LogP contribution is -2.37. The lowest BCUT2D eigenvalue weighted by molar-refractivity contribution is -0.140. The molecule has 194 valence electrons. The van der Waals surface area contributed by atoms with Gasteiger partial charge in [0.15, 0.2) is 5.69 Å². The third kappa shape index (κ3) is 4.77. The molecule has 0 unspecified atom stereocenters. The molecule has 0 radical (unpaired) electrons. The Bertz CT molecular complexity index is 1370. The van der Waals surface area contributed by atoms with Gasteiger partial charge in [-0.2, -0.15) is 13.2 Å². The number of hydrogen-bond donors (Lipinski definition) is 1. The second-order valence-electron chi connectivity index (χ2n) is 9.26. The van der Waals surface area contributed by atoms with Crippen LogP contribution in [0.1, 0.15) is 42.1 Å². The van der Waals surface area contributed by atoms with Crippen molar-refractivity contribution in [1.82, 2.24) is 19.5 Å². The van der Waals surface area contributed by atoms with Crippen molar-refractivity contribution in [3.05, 3.63) is 59.3 Å². The Morgan fingerprint density at radius 3 is 2.49 bits per heavy atom. The molecule has 2 aromatic heterocycles. The molecule has 2 fully saturated rings. The summed E-state index contributed by atoms with van der Waals surface area (Å²) in [7, 11) is 4.89. The van der Waals surface area contributed by atoms with Crippen LogP contribution < -0.4 is 15.4 Å². The summed E-state index contributed by atoms with van der Waals surface area (Å²) in [4.78, 5) is 19.3. The summed E-state index contributed by atoms with van der Waals surface area (Å²) in [5, 5.41) is 0. The van der Waals surface area contributed by atoms with Crippen LogP contribution in [0, 0.1) is 0 Å². The van der Waals surface area contributed by atoms with E-state index in [0.717, 1.165) is 53.8 Å². The standard InChI is InChI=1S/C26H28F3N7O/c1-31-19-10-11-36(12-18(19)22(30)21-23(15-4-5-15)32-14-33-25(21)37-3)17-8-6-16(7-9-17)24-34-20(13-35(24)2)26(27,28)29/h6-9,13-15H,4-5,10-12,30H2,1-3H3/b22-18-,31-19?. The summed E-state index contributed by atoms with van der Waals surface area (Å²) < 4.78 is 46.2. The van der Waals surface area contributed by atoms with Gasteiger partial charge < -0.3 is 19.9 Å². The average Bonchev–Trinajstić information content (AvgIpc) is 3.67. The number of ether oxygens (including phenoxy) is 1. The van der Waals surface area contributed by atoms with Crippen molar-refractivity contribution in [1.29, 1.82) is 0 Å². The average molecular weight is 512 g/mol. The number of benzene rings is 1. The minimum atomic E-state index is -4.49. The minimum absolute atomic E-state index is 0.256. The molecule has 1 aliphatic heterocycles. The van der Waals surface area contributed by atoms with Crippen LogP contribution in [0.15, 0.2) is 47.4 Å². The van der Waals surface area contributed by atoms with E-state index in [4.69, 9.17) is 10.5 Å². The number of hydrogen-bond acceptors (Lipinski definition) is 7. The van der Waals surface area contributed by atoms with E-state index in [-0.39, 0.29) is 5.82 Å². The molecule has 2 N–H and O–H groups in total. The number of nitrogens with two attached hydrogens (primary N) is 1. The number of rotatable bonds is 5. The fraction of sp³-hybridized carbons (Fsp3) is 0.385. The molecule has 1 aliphatic carbocycles. The van der Waals surface area contributed by atoms with Gasteiger partial charge in [-0.05, 0) is 37.1 Å². The van der Waals surface area contributed by atoms with Crippen molar-refractivity contribution in [2.24, 2.45) is 17.8 Å². The van der Waals surface area contributed by atoms with Gasteiger partial charge in [-0.15, -0.1) is 0 Å². The highest BCUT2D eigenvalue weighted by Gasteiger charge is 2.35. The Morgan fingerprint density at radius 2 is 1.89 bits per heavy atom. The monoisotopic (exact) mass is 511 g/mol. The summed E-state index contributed by atoms with van der Waals surface area (Å²) in [6, 6.07) is 7.35. The van der Waals surface area contributed by atoms with E-state index in [2.05, 4.69) is 24.8 Å². The SMILES string of the molecule is CN=C1CCN(c2ccc(-c3nc(C(F)(F)F)cn3C)cc2)C/C1=C(/N)c1c(OC)ncnc1C1CC1. The molecule has 0 bridgehead atoms. The predicted molar refractivity (Wildman–Crippen MR) is 136 cm³/mol. The largest absolute Gasteiger partial charge is 0.480 e. The van der Waals surface area contributed by atoms with E-state index in [9.17, 15) is 13.2 Å². The van der Waals surface area contributed by atoms with Crippen molar-refractivity contribution < 1.29 is 17.9 Å². The van der Waals surface area contributed by atoms with Gasteiger partial charge in [0.25, 0.3) is 0 Å². The van der Waals surface area contributed by atoms with Crippen LogP contribution in [0.25, 0.3) is 17.1 Å². The molecule has 2 aliphatic rings. The van der Waals surface area contributed by atoms with Gasteiger partial charge in [-0.3, -0.25) is 4.99 Å². The van der Waals surface area contributed by atoms with Crippen LogP contribution in [0.2, 0.25) is 0 Å². The van der Waals surface area contributed by atoms with E-state index in [1.807, 2.05) is 12.1 Å². The number of aromatic nitrogens is 4. The van der Waals surface area contributed by atoms with E-state index >= 15 is 0 Å². The maximum atomic E-state index is 13.1. The number of alkyl halides is 3. The molecule has 0 atom stereocenters. The molecule has 0 amide bonds. The first-order valence-electron chi connectivity index (χ1n) is 12.0. The Labute approximate surface area is 212 Å². The highest BCUT2D eigenvalue weighted by Crippen LogP contribution is 2.44. The smallest absolute Gasteiger partial charge is 0.434 e. The normalized spacial score (nSPS) is 18.9. The number of halogens is 3. The first kappa shape index (κ1) is 24.8. The third-order valence-corrected chi connectivity index (χ3v) is 6.84. The first-order valence-corrected chi connectivity index (χ1v) is 12.0. The molecule has 5 rings (SSSR count). The van der Waals surface area contributed by atoms with Crippen molar-refractivity contribution in [3.8, 4) is 17.3 Å². The Morgan fingerprint density at radius 1 is 1.16 bits per heavy atom. The van der Waals surface area contributed by atoms with Crippen LogP contribution >= 0.6 is 0 Å². The minimum Gasteiger partial charge on any atom is -0.480 e. The number of methoxy groups -OCH3 is 1. The fourth-order valence-electron chi connectivity index (χ4n) is 4.76. The van der Waals surface area contributed by atoms with E-state index in [1.54, 1.807) is 33.3 Å². The zero-order valence-electron chi connectivity index (χ0n) is 20.9. The van der Waals surface area contributed by atoms with E-state index in [1.165, 1.54) is 10.9 Å². The van der Waals surface area contributed by atoms with Crippen LogP contribution in [0.5, 0.6) is 5.88 Å². The molecule has 3 heterocycles. The zero-order chi connectivity index (χ0) is 26.3. The Kier molecular flexibility index (Phi) is 6.38. The molecule has 8 nitrogen and oxygen atoms in total. The lowest BCUT2D eigenvalue weighted by atomic mass is 9.95. The molecule has 0 spiro atoms. The van der Waals surface area contributed by atoms with Gasteiger partial charge in [0.2, 0.25) is 5.88 Å². The zero-order valence-corrected chi connectivity index (χ0v) is 20.9. The molecule has 3 aromatic rings. The van der Waals surface area contributed by atoms with Gasteiger partial charge in [0, 0.05) is 68.3 Å². The second-order valence-corrected chi connectivity index (χ2v) is 9.26. The van der Waals surface area contributed by atoms with Gasteiger partial charge in [0.05, 0.1) is 24.1 Å². The third-order valence-electron chi connectivity index (χ3n) is 6.84. The van der Waals surface area contributed by atoms with E-state index < -0.39 is 11.9 Å².